The summed E-state index contributed by atoms with van der Waals surface area (Å²) < 4.78 is 5.77. The van der Waals surface area contributed by atoms with E-state index in [0.717, 1.165) is 6.42 Å². The summed E-state index contributed by atoms with van der Waals surface area (Å²) in [5.74, 6) is 0.919. The molecule has 2 aromatic carbocycles. The van der Waals surface area contributed by atoms with Gasteiger partial charge in [-0.05, 0) is 48.6 Å². The molecule has 2 bridgehead atoms. The maximum absolute atomic E-state index is 12.9. The van der Waals surface area contributed by atoms with E-state index >= 15 is 0 Å². The van der Waals surface area contributed by atoms with Gasteiger partial charge in [-0.25, -0.2) is 4.90 Å². The van der Waals surface area contributed by atoms with Crippen LogP contribution in [0.4, 0.5) is 5.69 Å². The van der Waals surface area contributed by atoms with Crippen LogP contribution in [-0.2, 0) is 9.59 Å². The smallest absolute Gasteiger partial charge is 0.238 e. The lowest BCUT2D eigenvalue weighted by atomic mass is 9.85. The highest BCUT2D eigenvalue weighted by molar-refractivity contribution is 6.33. The number of imide groups is 1. The van der Waals surface area contributed by atoms with Crippen molar-refractivity contribution in [2.45, 2.75) is 6.42 Å². The summed E-state index contributed by atoms with van der Waals surface area (Å²) in [6, 6.07) is 14.4. The minimum atomic E-state index is -0.212. The number of rotatable bonds is 3. The van der Waals surface area contributed by atoms with Crippen LogP contribution in [-0.4, -0.2) is 11.8 Å². The zero-order valence-corrected chi connectivity index (χ0v) is 14.6. The highest BCUT2D eigenvalue weighted by atomic mass is 35.5. The standard InChI is InChI=1S/C21H16ClNO3/c22-16-11-14(8-9-17(16)26-15-4-2-1-3-5-15)23-20(24)18-12-6-7-13(10-12)19(18)21(23)25/h1-9,11-13,18-19H,10H2/t12-,13+,18-,19+. The van der Waals surface area contributed by atoms with Crippen LogP contribution in [0.2, 0.25) is 5.02 Å². The third kappa shape index (κ3) is 2.22. The molecule has 1 saturated heterocycles. The van der Waals surface area contributed by atoms with Crippen molar-refractivity contribution < 1.29 is 14.3 Å². The molecule has 2 aromatic rings. The number of hydrogen-bond donors (Lipinski definition) is 0. The van der Waals surface area contributed by atoms with Crippen molar-refractivity contribution in [2.75, 3.05) is 4.90 Å². The number of para-hydroxylation sites is 1. The van der Waals surface area contributed by atoms with Gasteiger partial charge in [0.05, 0.1) is 22.5 Å². The number of halogens is 1. The summed E-state index contributed by atoms with van der Waals surface area (Å²) in [6.45, 7) is 0. The number of carbonyl (C=O) groups excluding carboxylic acids is 2. The number of fused-ring (bicyclic) bond motifs is 5. The summed E-state index contributed by atoms with van der Waals surface area (Å²) in [6.07, 6.45) is 5.10. The van der Waals surface area contributed by atoms with Crippen molar-refractivity contribution in [2.24, 2.45) is 23.7 Å². The molecular weight excluding hydrogens is 350 g/mol. The minimum Gasteiger partial charge on any atom is -0.456 e. The van der Waals surface area contributed by atoms with Crippen LogP contribution in [0.5, 0.6) is 11.5 Å². The largest absolute Gasteiger partial charge is 0.456 e. The average Bonchev–Trinajstić information content (AvgIpc) is 3.32. The van der Waals surface area contributed by atoms with Gasteiger partial charge < -0.3 is 4.74 Å². The Hall–Kier alpha value is -2.59. The van der Waals surface area contributed by atoms with Gasteiger partial charge in [-0.2, -0.15) is 0 Å². The Morgan fingerprint density at radius 3 is 2.19 bits per heavy atom. The van der Waals surface area contributed by atoms with Gasteiger partial charge in [-0.1, -0.05) is 42.0 Å². The number of nitrogens with zero attached hydrogens (tertiary/aromatic N) is 1. The molecule has 0 aromatic heterocycles. The van der Waals surface area contributed by atoms with E-state index < -0.39 is 0 Å². The number of benzene rings is 2. The molecule has 2 aliphatic carbocycles. The van der Waals surface area contributed by atoms with E-state index in [0.29, 0.717) is 22.2 Å². The van der Waals surface area contributed by atoms with Crippen LogP contribution >= 0.6 is 11.6 Å². The summed E-state index contributed by atoms with van der Waals surface area (Å²) in [5, 5.41) is 0.366. The first kappa shape index (κ1) is 15.6. The third-order valence-electron chi connectivity index (χ3n) is 5.62. The lowest BCUT2D eigenvalue weighted by molar-refractivity contribution is -0.123. The van der Waals surface area contributed by atoms with Crippen LogP contribution in [0.15, 0.2) is 60.7 Å². The zero-order chi connectivity index (χ0) is 17.8. The number of hydrogen-bond acceptors (Lipinski definition) is 3. The number of ether oxygens (including phenoxy) is 1. The van der Waals surface area contributed by atoms with Gasteiger partial charge in [0.2, 0.25) is 11.8 Å². The molecule has 1 saturated carbocycles. The molecule has 5 heteroatoms. The van der Waals surface area contributed by atoms with E-state index in [-0.39, 0.29) is 35.5 Å². The Morgan fingerprint density at radius 1 is 0.923 bits per heavy atom. The summed E-state index contributed by atoms with van der Waals surface area (Å²) >= 11 is 6.36. The molecule has 0 radical (unpaired) electrons. The molecule has 3 aliphatic rings. The van der Waals surface area contributed by atoms with E-state index in [1.54, 1.807) is 18.2 Å². The third-order valence-corrected chi connectivity index (χ3v) is 5.91. The van der Waals surface area contributed by atoms with Gasteiger partial charge in [0.1, 0.15) is 11.5 Å². The molecule has 2 fully saturated rings. The van der Waals surface area contributed by atoms with Crippen molar-refractivity contribution in [3.8, 4) is 11.5 Å². The first-order valence-electron chi connectivity index (χ1n) is 8.72. The van der Waals surface area contributed by atoms with Crippen LogP contribution in [0, 0.1) is 23.7 Å². The monoisotopic (exact) mass is 365 g/mol. The average molecular weight is 366 g/mol. The molecule has 4 nitrogen and oxygen atoms in total. The lowest BCUT2D eigenvalue weighted by Gasteiger charge is -2.18. The maximum Gasteiger partial charge on any atom is 0.238 e. The Morgan fingerprint density at radius 2 is 1.58 bits per heavy atom. The molecular formula is C21H16ClNO3. The molecule has 26 heavy (non-hydrogen) atoms. The van der Waals surface area contributed by atoms with Crippen LogP contribution in [0.3, 0.4) is 0 Å². The fourth-order valence-corrected chi connectivity index (χ4v) is 4.70. The summed E-state index contributed by atoms with van der Waals surface area (Å²) in [4.78, 5) is 27.0. The lowest BCUT2D eigenvalue weighted by Crippen LogP contribution is -2.32. The van der Waals surface area contributed by atoms with Crippen molar-refractivity contribution in [3.05, 3.63) is 65.7 Å². The molecule has 1 aliphatic heterocycles. The summed E-state index contributed by atoms with van der Waals surface area (Å²) in [5.41, 5.74) is 0.513. The van der Waals surface area contributed by atoms with E-state index in [1.165, 1.54) is 4.90 Å². The summed E-state index contributed by atoms with van der Waals surface area (Å²) in [7, 11) is 0. The number of amides is 2. The fourth-order valence-electron chi connectivity index (χ4n) is 4.48. The number of carbonyl (C=O) groups is 2. The van der Waals surface area contributed by atoms with Gasteiger partial charge in [-0.3, -0.25) is 9.59 Å². The maximum atomic E-state index is 12.9. The van der Waals surface area contributed by atoms with E-state index in [9.17, 15) is 9.59 Å². The first-order chi connectivity index (χ1) is 12.6. The highest BCUT2D eigenvalue weighted by Crippen LogP contribution is 2.53. The molecule has 130 valence electrons. The van der Waals surface area contributed by atoms with Crippen molar-refractivity contribution in [1.29, 1.82) is 0 Å². The Kier molecular flexibility index (Phi) is 3.44. The van der Waals surface area contributed by atoms with Gasteiger partial charge in [0, 0.05) is 0 Å². The number of anilines is 1. The molecule has 1 heterocycles. The molecule has 5 rings (SSSR count). The molecule has 0 spiro atoms. The van der Waals surface area contributed by atoms with E-state index in [4.69, 9.17) is 16.3 Å². The van der Waals surface area contributed by atoms with Crippen LogP contribution in [0.25, 0.3) is 0 Å². The minimum absolute atomic E-state index is 0.107. The van der Waals surface area contributed by atoms with Gasteiger partial charge in [0.25, 0.3) is 0 Å². The van der Waals surface area contributed by atoms with Crippen molar-refractivity contribution >= 4 is 29.1 Å². The van der Waals surface area contributed by atoms with Crippen LogP contribution in [0.1, 0.15) is 6.42 Å². The highest BCUT2D eigenvalue weighted by Gasteiger charge is 2.59. The predicted octanol–water partition coefficient (Wildman–Crippen LogP) is 4.44. The van der Waals surface area contributed by atoms with E-state index in [1.807, 2.05) is 30.3 Å². The topological polar surface area (TPSA) is 46.6 Å². The fraction of sp³-hybridized carbons (Fsp3) is 0.238. The Bertz CT molecular complexity index is 910. The van der Waals surface area contributed by atoms with Crippen molar-refractivity contribution in [1.82, 2.24) is 0 Å². The quantitative estimate of drug-likeness (QED) is 0.596. The van der Waals surface area contributed by atoms with Gasteiger partial charge in [-0.15, -0.1) is 0 Å². The van der Waals surface area contributed by atoms with E-state index in [2.05, 4.69) is 12.2 Å². The first-order valence-corrected chi connectivity index (χ1v) is 9.10. The molecule has 2 amide bonds. The second-order valence-electron chi connectivity index (χ2n) is 7.04. The van der Waals surface area contributed by atoms with Gasteiger partial charge >= 0.3 is 0 Å². The van der Waals surface area contributed by atoms with Crippen LogP contribution < -0.4 is 9.64 Å². The second kappa shape index (κ2) is 5.71. The molecule has 4 atom stereocenters. The second-order valence-corrected chi connectivity index (χ2v) is 7.45. The molecule has 0 unspecified atom stereocenters. The predicted molar refractivity (Wildman–Crippen MR) is 98.2 cm³/mol. The molecule has 0 N–H and O–H groups in total. The zero-order valence-electron chi connectivity index (χ0n) is 13.8. The Balaban J connectivity index is 1.44. The SMILES string of the molecule is O=C1[C@@H]2[C@H](C(=O)N1c1ccc(Oc3ccccc3)c(Cl)c1)[C@@H]1C=C[C@H]2C1. The Labute approximate surface area is 156 Å². The number of allylic oxidation sites excluding steroid dienone is 2. The normalized spacial score (nSPS) is 28.7. The van der Waals surface area contributed by atoms with Gasteiger partial charge in [0.15, 0.2) is 0 Å². The van der Waals surface area contributed by atoms with Crippen molar-refractivity contribution in [3.63, 3.8) is 0 Å².